The van der Waals surface area contributed by atoms with Gasteiger partial charge in [-0.15, -0.1) is 0 Å². The van der Waals surface area contributed by atoms with E-state index in [0.29, 0.717) is 60.4 Å². The summed E-state index contributed by atoms with van der Waals surface area (Å²) in [6.45, 7) is 0. The summed E-state index contributed by atoms with van der Waals surface area (Å²) in [6.07, 6.45) is 20.0. The predicted molar refractivity (Wildman–Crippen MR) is 163 cm³/mol. The van der Waals surface area contributed by atoms with Crippen LogP contribution >= 0.6 is 0 Å². The van der Waals surface area contributed by atoms with Crippen LogP contribution in [0.2, 0.25) is 0 Å². The first kappa shape index (κ1) is 31.1. The van der Waals surface area contributed by atoms with E-state index >= 15 is 0 Å². The Bertz CT molecular complexity index is 1060. The largest absolute Gasteiger partial charge is 1.00 e. The van der Waals surface area contributed by atoms with Gasteiger partial charge in [-0.25, -0.2) is 0 Å². The summed E-state index contributed by atoms with van der Waals surface area (Å²) in [6, 6.07) is -0.480. The molecule has 4 saturated carbocycles. The van der Waals surface area contributed by atoms with E-state index in [1.165, 1.54) is 77.0 Å². The summed E-state index contributed by atoms with van der Waals surface area (Å²) >= 11 is 0. The van der Waals surface area contributed by atoms with Gasteiger partial charge in [-0.05, 0) is 92.8 Å². The van der Waals surface area contributed by atoms with E-state index < -0.39 is 6.04 Å². The number of fused-ring (bicyclic) bond motifs is 20. The molecule has 0 aromatic rings. The molecule has 8 bridgehead atoms. The molecule has 0 spiro atoms. The molecule has 250 valence electrons. The molecule has 44 heavy (non-hydrogen) atoms. The summed E-state index contributed by atoms with van der Waals surface area (Å²) < 4.78 is 0. The van der Waals surface area contributed by atoms with Crippen LogP contribution in [0.4, 0.5) is 0 Å². The molecule has 0 aromatic carbocycles. The Balaban J connectivity index is 0.00000289. The Kier molecular flexibility index (Phi) is 8.97. The van der Waals surface area contributed by atoms with Gasteiger partial charge in [0.15, 0.2) is 0 Å². The second kappa shape index (κ2) is 12.7. The van der Waals surface area contributed by atoms with Crippen molar-refractivity contribution in [2.45, 2.75) is 152 Å². The first-order valence-corrected chi connectivity index (χ1v) is 18.3. The molecular formula is C32H55AgN9O2+. The maximum atomic E-state index is 12.4. The average molecular weight is 706 g/mol. The number of hydrogen-bond donors (Lipinski definition) is 8. The molecule has 4 aliphatic carbocycles. The monoisotopic (exact) mass is 704 g/mol. The second-order valence-corrected chi connectivity index (χ2v) is 16.0. The van der Waals surface area contributed by atoms with Crippen molar-refractivity contribution in [1.29, 1.82) is 0 Å². The van der Waals surface area contributed by atoms with Gasteiger partial charge in [0.25, 0.3) is 0 Å². The second-order valence-electron chi connectivity index (χ2n) is 16.0. The minimum atomic E-state index is -0.480. The molecule has 9 aliphatic rings. The van der Waals surface area contributed by atoms with Crippen LogP contribution in [0.5, 0.6) is 0 Å². The topological polar surface area (TPSA) is 139 Å². The smallest absolute Gasteiger partial charge is 0.286 e. The Morgan fingerprint density at radius 3 is 0.977 bits per heavy atom. The fraction of sp³-hybridized carbons (Fsp3) is 1.00. The summed E-state index contributed by atoms with van der Waals surface area (Å²) in [4.78, 5) is 12.5. The third kappa shape index (κ3) is 5.29. The third-order valence-electron chi connectivity index (χ3n) is 14.1. The van der Waals surface area contributed by atoms with E-state index in [4.69, 9.17) is 0 Å². The van der Waals surface area contributed by atoms with E-state index in [2.05, 4.69) is 42.5 Å². The maximum absolute atomic E-state index is 12.4. The van der Waals surface area contributed by atoms with Gasteiger partial charge in [-0.1, -0.05) is 38.5 Å². The molecule has 5 heterocycles. The van der Waals surface area contributed by atoms with Gasteiger partial charge in [0, 0.05) is 11.3 Å². The Morgan fingerprint density at radius 2 is 0.659 bits per heavy atom. The van der Waals surface area contributed by atoms with E-state index in [1.807, 2.05) is 0 Å². The molecule has 17 atom stereocenters. The van der Waals surface area contributed by atoms with Gasteiger partial charge in [0.1, 0.15) is 0 Å². The number of nitrogens with zero attached hydrogens (tertiary/aromatic N) is 1. The van der Waals surface area contributed by atoms with Crippen molar-refractivity contribution >= 4 is 0 Å². The number of hydrogen-bond acceptors (Lipinski definition) is 10. The van der Waals surface area contributed by atoms with Crippen molar-refractivity contribution in [2.24, 2.45) is 47.3 Å². The van der Waals surface area contributed by atoms with E-state index in [-0.39, 0.29) is 70.0 Å². The van der Waals surface area contributed by atoms with E-state index in [9.17, 15) is 10.1 Å². The molecule has 9 rings (SSSR count). The summed E-state index contributed by atoms with van der Waals surface area (Å²) in [5, 5.41) is 45.2. The van der Waals surface area contributed by atoms with Crippen molar-refractivity contribution in [3.63, 3.8) is 0 Å². The standard InChI is InChI=1S/C32H55N9O2.Ag/c42-41(43)23-15-7-14-22-24(23)32-39-30-21-13-6-5-12-20(21)28(37-30)35-26-17-9-2-1-8-16(17)25(33-26)34-27-18-10-3-4-11-19(18)29(36-27)38-31(22)40-32;/h16-40H,1-15H2;/q;+1. The van der Waals surface area contributed by atoms with Crippen LogP contribution in [0.1, 0.15) is 96.3 Å². The molecule has 11 nitrogen and oxygen atoms in total. The fourth-order valence-electron chi connectivity index (χ4n) is 12.3. The molecule has 0 radical (unpaired) electrons. The fourth-order valence-corrected chi connectivity index (χ4v) is 12.3. The molecule has 5 aliphatic heterocycles. The Labute approximate surface area is 278 Å². The maximum Gasteiger partial charge on any atom is 1.00 e. The zero-order valence-corrected chi connectivity index (χ0v) is 27.5. The van der Waals surface area contributed by atoms with Crippen LogP contribution in [0, 0.1) is 57.5 Å². The normalized spacial score (nSPS) is 54.8. The SMILES string of the molecule is O=[N+]([O-])C1CCCC2C3NC4NC(NC5NC(NC6NC(NC(N3)C21)C1CCCCC61)C1CCCCC51)C1CCCCC41.[Ag+]. The third-order valence-corrected chi connectivity index (χ3v) is 14.1. The van der Waals surface area contributed by atoms with Gasteiger partial charge >= 0.3 is 22.4 Å². The Hall–Kier alpha value is -0.180. The van der Waals surface area contributed by atoms with Gasteiger partial charge < -0.3 is 0 Å². The Morgan fingerprint density at radius 1 is 0.386 bits per heavy atom. The number of nitro groups is 1. The molecule has 5 saturated heterocycles. The van der Waals surface area contributed by atoms with Crippen LogP contribution in [0.25, 0.3) is 0 Å². The average Bonchev–Trinajstić information content (AvgIpc) is 3.76. The van der Waals surface area contributed by atoms with Crippen LogP contribution in [0.15, 0.2) is 0 Å². The van der Waals surface area contributed by atoms with Crippen molar-refractivity contribution < 1.29 is 27.3 Å². The molecular weight excluding hydrogens is 650 g/mol. The van der Waals surface area contributed by atoms with E-state index in [1.54, 1.807) is 0 Å². The van der Waals surface area contributed by atoms with E-state index in [0.717, 1.165) is 12.8 Å². The van der Waals surface area contributed by atoms with Crippen molar-refractivity contribution in [1.82, 2.24) is 42.5 Å². The van der Waals surface area contributed by atoms with Crippen LogP contribution < -0.4 is 42.5 Å². The number of nitrogens with one attached hydrogen (secondary N) is 8. The molecule has 17 unspecified atom stereocenters. The molecule has 8 N–H and O–H groups in total. The molecule has 12 heteroatoms. The number of rotatable bonds is 1. The summed E-state index contributed by atoms with van der Waals surface area (Å²) in [5.41, 5.74) is 0. The minimum Gasteiger partial charge on any atom is -0.286 e. The predicted octanol–water partition coefficient (Wildman–Crippen LogP) is 1.86. The van der Waals surface area contributed by atoms with Crippen molar-refractivity contribution in [3.8, 4) is 0 Å². The molecule has 9 fully saturated rings. The van der Waals surface area contributed by atoms with Gasteiger partial charge in [-0.2, -0.15) is 0 Å². The molecule has 0 aromatic heterocycles. The van der Waals surface area contributed by atoms with Gasteiger partial charge in [0.05, 0.1) is 55.2 Å². The van der Waals surface area contributed by atoms with Gasteiger partial charge in [0.2, 0.25) is 6.04 Å². The zero-order valence-electron chi connectivity index (χ0n) is 26.0. The van der Waals surface area contributed by atoms with Crippen LogP contribution in [0.3, 0.4) is 0 Å². The molecule has 0 amide bonds. The van der Waals surface area contributed by atoms with Crippen molar-refractivity contribution in [3.05, 3.63) is 10.1 Å². The zero-order chi connectivity index (χ0) is 28.7. The summed E-state index contributed by atoms with van der Waals surface area (Å²) in [7, 11) is 0. The minimum absolute atomic E-state index is 0. The van der Waals surface area contributed by atoms with Crippen molar-refractivity contribution in [2.75, 3.05) is 0 Å². The first-order valence-electron chi connectivity index (χ1n) is 18.3. The first-order chi connectivity index (χ1) is 21.1. The van der Waals surface area contributed by atoms with Crippen LogP contribution in [-0.4, -0.2) is 60.3 Å². The van der Waals surface area contributed by atoms with Gasteiger partial charge in [-0.3, -0.25) is 52.6 Å². The quantitative estimate of drug-likeness (QED) is 0.116. The summed E-state index contributed by atoms with van der Waals surface area (Å²) in [5.74, 6) is 4.00. The van der Waals surface area contributed by atoms with Crippen LogP contribution in [-0.2, 0) is 22.4 Å².